The number of benzene rings is 2. The van der Waals surface area contributed by atoms with Gasteiger partial charge >= 0.3 is 5.97 Å². The van der Waals surface area contributed by atoms with Crippen molar-refractivity contribution in [2.24, 2.45) is 0 Å². The topological polar surface area (TPSA) is 81.7 Å². The number of sulfonamides is 1. The molecule has 2 aromatic rings. The van der Waals surface area contributed by atoms with Crippen LogP contribution < -0.4 is 9.46 Å². The summed E-state index contributed by atoms with van der Waals surface area (Å²) in [5.41, 5.74) is 1.63. The fourth-order valence-corrected chi connectivity index (χ4v) is 4.42. The van der Waals surface area contributed by atoms with Crippen molar-refractivity contribution in [1.82, 2.24) is 4.72 Å². The Balaban J connectivity index is 2.43. The zero-order valence-corrected chi connectivity index (χ0v) is 18.0. The van der Waals surface area contributed by atoms with E-state index < -0.39 is 22.0 Å². The van der Waals surface area contributed by atoms with Gasteiger partial charge in [0.1, 0.15) is 9.92 Å². The van der Waals surface area contributed by atoms with Crippen molar-refractivity contribution >= 4 is 39.2 Å². The Morgan fingerprint density at radius 2 is 1.79 bits per heavy atom. The minimum atomic E-state index is -4.09. The van der Waals surface area contributed by atoms with Gasteiger partial charge in [-0.3, -0.25) is 4.79 Å². The van der Waals surface area contributed by atoms with Crippen LogP contribution in [0.1, 0.15) is 30.5 Å². The van der Waals surface area contributed by atoms with E-state index in [1.54, 1.807) is 19.1 Å². The van der Waals surface area contributed by atoms with Crippen LogP contribution in [0.2, 0.25) is 10.0 Å². The minimum Gasteiger partial charge on any atom is -0.494 e. The average Bonchev–Trinajstić information content (AvgIpc) is 2.63. The van der Waals surface area contributed by atoms with Gasteiger partial charge in [-0.05, 0) is 31.5 Å². The Morgan fingerprint density at radius 3 is 2.36 bits per heavy atom. The highest BCUT2D eigenvalue weighted by Gasteiger charge is 2.28. The highest BCUT2D eigenvalue weighted by molar-refractivity contribution is 7.89. The van der Waals surface area contributed by atoms with Gasteiger partial charge in [0.15, 0.2) is 5.75 Å². The molecule has 0 aromatic heterocycles. The molecule has 0 bridgehead atoms. The summed E-state index contributed by atoms with van der Waals surface area (Å²) in [5, 5.41) is 0.156. The highest BCUT2D eigenvalue weighted by atomic mass is 35.5. The summed E-state index contributed by atoms with van der Waals surface area (Å²) < 4.78 is 38.7. The zero-order valence-electron chi connectivity index (χ0n) is 15.7. The lowest BCUT2D eigenvalue weighted by Gasteiger charge is -2.20. The van der Waals surface area contributed by atoms with Crippen LogP contribution in [0.5, 0.6) is 5.75 Å². The van der Waals surface area contributed by atoms with E-state index in [4.69, 9.17) is 32.7 Å². The molecule has 152 valence electrons. The van der Waals surface area contributed by atoms with Crippen molar-refractivity contribution in [3.05, 3.63) is 57.6 Å². The summed E-state index contributed by atoms with van der Waals surface area (Å²) in [4.78, 5) is 11.8. The first-order valence-corrected chi connectivity index (χ1v) is 10.7. The molecule has 1 unspecified atom stereocenters. The molecule has 0 aliphatic rings. The molecule has 1 N–H and O–H groups in total. The molecule has 2 aromatic carbocycles. The van der Waals surface area contributed by atoms with E-state index in [9.17, 15) is 13.2 Å². The number of ether oxygens (including phenoxy) is 2. The van der Waals surface area contributed by atoms with Crippen molar-refractivity contribution in [2.75, 3.05) is 13.7 Å². The predicted molar refractivity (Wildman–Crippen MR) is 109 cm³/mol. The van der Waals surface area contributed by atoms with Gasteiger partial charge in [0.05, 0.1) is 31.2 Å². The Hall–Kier alpha value is -1.80. The number of aryl methyl sites for hydroxylation is 1. The van der Waals surface area contributed by atoms with E-state index in [1.165, 1.54) is 19.2 Å². The Bertz CT molecular complexity index is 946. The lowest BCUT2D eigenvalue weighted by atomic mass is 10.0. The molecule has 0 amide bonds. The van der Waals surface area contributed by atoms with Crippen LogP contribution in [0, 0.1) is 6.92 Å². The lowest BCUT2D eigenvalue weighted by molar-refractivity contribution is -0.143. The number of hydrogen-bond donors (Lipinski definition) is 1. The fraction of sp³-hybridized carbons (Fsp3) is 0.316. The number of nitrogens with one attached hydrogen (secondary N) is 1. The Labute approximate surface area is 174 Å². The van der Waals surface area contributed by atoms with Gasteiger partial charge in [-0.1, -0.05) is 53.0 Å². The normalized spacial score (nSPS) is 12.5. The maximum absolute atomic E-state index is 13.0. The van der Waals surface area contributed by atoms with E-state index in [2.05, 4.69) is 4.72 Å². The van der Waals surface area contributed by atoms with E-state index in [0.717, 1.165) is 5.56 Å². The summed E-state index contributed by atoms with van der Waals surface area (Å²) in [6, 6.07) is 9.02. The van der Waals surface area contributed by atoms with Crippen molar-refractivity contribution in [3.63, 3.8) is 0 Å². The van der Waals surface area contributed by atoms with Crippen molar-refractivity contribution in [3.8, 4) is 5.75 Å². The zero-order chi connectivity index (χ0) is 20.9. The molecule has 0 radical (unpaired) electrons. The van der Waals surface area contributed by atoms with Crippen LogP contribution >= 0.6 is 23.2 Å². The molecule has 0 aliphatic carbocycles. The number of carbonyl (C=O) groups excluding carboxylic acids is 1. The van der Waals surface area contributed by atoms with Gasteiger partial charge < -0.3 is 9.47 Å². The molecule has 0 fully saturated rings. The van der Waals surface area contributed by atoms with Crippen LogP contribution in [0.4, 0.5) is 0 Å². The van der Waals surface area contributed by atoms with Crippen molar-refractivity contribution in [2.45, 2.75) is 31.2 Å². The first-order chi connectivity index (χ1) is 13.2. The molecule has 1 atom stereocenters. The van der Waals surface area contributed by atoms with Gasteiger partial charge in [-0.15, -0.1) is 0 Å². The van der Waals surface area contributed by atoms with Crippen LogP contribution in [0.25, 0.3) is 0 Å². The van der Waals surface area contributed by atoms with Crippen LogP contribution in [-0.4, -0.2) is 28.1 Å². The van der Waals surface area contributed by atoms with Gasteiger partial charge in [0, 0.05) is 0 Å². The van der Waals surface area contributed by atoms with E-state index >= 15 is 0 Å². The van der Waals surface area contributed by atoms with Crippen molar-refractivity contribution < 1.29 is 22.7 Å². The summed E-state index contributed by atoms with van der Waals surface area (Å²) >= 11 is 12.0. The van der Waals surface area contributed by atoms with Crippen LogP contribution in [0.15, 0.2) is 41.3 Å². The smallest absolute Gasteiger partial charge is 0.307 e. The van der Waals surface area contributed by atoms with E-state index in [1.807, 2.05) is 19.1 Å². The molecule has 0 saturated carbocycles. The van der Waals surface area contributed by atoms with Gasteiger partial charge in [-0.2, -0.15) is 0 Å². The highest BCUT2D eigenvalue weighted by Crippen LogP contribution is 2.37. The molecule has 2 rings (SSSR count). The number of methoxy groups -OCH3 is 1. The summed E-state index contributed by atoms with van der Waals surface area (Å²) in [7, 11) is -2.79. The standard InChI is InChI=1S/C19H21Cl2NO5S/c1-4-27-17(23)11-15(13-7-5-12(2)6-8-13)22-28(24,25)16-10-9-14(20)18(21)19(16)26-3/h5-10,15,22H,4,11H2,1-3H3. The van der Waals surface area contributed by atoms with Gasteiger partial charge in [0.2, 0.25) is 10.0 Å². The summed E-state index contributed by atoms with van der Waals surface area (Å²) in [6.07, 6.45) is -0.167. The molecule has 9 heteroatoms. The second-order valence-corrected chi connectivity index (χ2v) is 8.45. The predicted octanol–water partition coefficient (Wildman–Crippen LogP) is 4.28. The molecular weight excluding hydrogens is 425 g/mol. The monoisotopic (exact) mass is 445 g/mol. The van der Waals surface area contributed by atoms with Crippen molar-refractivity contribution in [1.29, 1.82) is 0 Å². The molecule has 6 nitrogen and oxygen atoms in total. The summed E-state index contributed by atoms with van der Waals surface area (Å²) in [6.45, 7) is 3.80. The Kier molecular flexibility index (Phi) is 7.71. The number of halogens is 2. The second-order valence-electron chi connectivity index (χ2n) is 5.99. The van der Waals surface area contributed by atoms with Gasteiger partial charge in [0.25, 0.3) is 0 Å². The van der Waals surface area contributed by atoms with E-state index in [0.29, 0.717) is 5.56 Å². The van der Waals surface area contributed by atoms with E-state index in [-0.39, 0.29) is 33.7 Å². The number of carbonyl (C=O) groups is 1. The first-order valence-electron chi connectivity index (χ1n) is 8.46. The molecule has 0 heterocycles. The molecule has 0 saturated heterocycles. The van der Waals surface area contributed by atoms with Crippen LogP contribution in [0.3, 0.4) is 0 Å². The number of rotatable bonds is 8. The SMILES string of the molecule is CCOC(=O)CC(NS(=O)(=O)c1ccc(Cl)c(Cl)c1OC)c1ccc(C)cc1. The maximum Gasteiger partial charge on any atom is 0.307 e. The third kappa shape index (κ3) is 5.38. The number of hydrogen-bond acceptors (Lipinski definition) is 5. The molecule has 0 spiro atoms. The third-order valence-corrected chi connectivity index (χ3v) is 6.24. The molecule has 28 heavy (non-hydrogen) atoms. The lowest BCUT2D eigenvalue weighted by Crippen LogP contribution is -2.31. The van der Waals surface area contributed by atoms with Crippen LogP contribution in [-0.2, 0) is 19.6 Å². The third-order valence-electron chi connectivity index (χ3n) is 3.96. The first kappa shape index (κ1) is 22.5. The maximum atomic E-state index is 13.0. The summed E-state index contributed by atoms with van der Waals surface area (Å²) in [5.74, 6) is -0.586. The number of esters is 1. The average molecular weight is 446 g/mol. The minimum absolute atomic E-state index is 0.00989. The molecular formula is C19H21Cl2NO5S. The second kappa shape index (κ2) is 9.60. The molecule has 0 aliphatic heterocycles. The van der Waals surface area contributed by atoms with Gasteiger partial charge in [-0.25, -0.2) is 13.1 Å². The largest absolute Gasteiger partial charge is 0.494 e. The quantitative estimate of drug-likeness (QED) is 0.612. The fourth-order valence-electron chi connectivity index (χ4n) is 2.58. The Morgan fingerprint density at radius 1 is 1.14 bits per heavy atom.